The first-order valence-corrected chi connectivity index (χ1v) is 7.44. The molecule has 0 aliphatic heterocycles. The molecule has 120 valence electrons. The van der Waals surface area contributed by atoms with Crippen molar-refractivity contribution in [1.29, 1.82) is 0 Å². The van der Waals surface area contributed by atoms with Gasteiger partial charge in [0.2, 0.25) is 0 Å². The molecule has 0 atom stereocenters. The minimum Gasteiger partial charge on any atom is -0.508 e. The lowest BCUT2D eigenvalue weighted by molar-refractivity contribution is 0.112. The van der Waals surface area contributed by atoms with Gasteiger partial charge in [0.1, 0.15) is 23.5 Å². The molecule has 3 aromatic rings. The Kier molecular flexibility index (Phi) is 4.20. The zero-order chi connectivity index (χ0) is 17.1. The first-order valence-electron chi connectivity index (χ1n) is 7.44. The Labute approximate surface area is 139 Å². The minimum absolute atomic E-state index is 0.0241. The fourth-order valence-corrected chi connectivity index (χ4v) is 2.81. The standard InChI is InChI=1S/C20H16O4/c21-12-15-11-18(24)9-10-19(15)20(13-1-5-16(22)6-2-13)14-3-7-17(23)8-4-14/h1-12,20,22-24H. The molecule has 3 aromatic carbocycles. The second-order valence-electron chi connectivity index (χ2n) is 5.55. The van der Waals surface area contributed by atoms with Crippen LogP contribution in [-0.2, 0) is 0 Å². The van der Waals surface area contributed by atoms with Crippen LogP contribution in [0.4, 0.5) is 0 Å². The zero-order valence-corrected chi connectivity index (χ0v) is 12.8. The van der Waals surface area contributed by atoms with Crippen LogP contribution < -0.4 is 0 Å². The van der Waals surface area contributed by atoms with E-state index in [2.05, 4.69) is 0 Å². The number of hydrogen-bond acceptors (Lipinski definition) is 4. The molecule has 24 heavy (non-hydrogen) atoms. The van der Waals surface area contributed by atoms with Crippen molar-refractivity contribution in [3.8, 4) is 17.2 Å². The van der Waals surface area contributed by atoms with Crippen LogP contribution in [0.25, 0.3) is 0 Å². The maximum atomic E-state index is 11.5. The molecule has 0 saturated carbocycles. The quantitative estimate of drug-likeness (QED) is 0.505. The second kappa shape index (κ2) is 6.46. The van der Waals surface area contributed by atoms with E-state index in [1.807, 2.05) is 0 Å². The van der Waals surface area contributed by atoms with Gasteiger partial charge in [0, 0.05) is 11.5 Å². The van der Waals surface area contributed by atoms with Gasteiger partial charge in [-0.1, -0.05) is 30.3 Å². The van der Waals surface area contributed by atoms with E-state index in [1.165, 1.54) is 12.1 Å². The van der Waals surface area contributed by atoms with Gasteiger partial charge < -0.3 is 15.3 Å². The van der Waals surface area contributed by atoms with Gasteiger partial charge in [0.25, 0.3) is 0 Å². The Hall–Kier alpha value is -3.27. The Bertz CT molecular complexity index is 806. The molecule has 4 nitrogen and oxygen atoms in total. The number of carbonyl (C=O) groups excluding carboxylic acids is 1. The summed E-state index contributed by atoms with van der Waals surface area (Å²) >= 11 is 0. The van der Waals surface area contributed by atoms with Crippen molar-refractivity contribution in [1.82, 2.24) is 0 Å². The van der Waals surface area contributed by atoms with Crippen LogP contribution in [0.15, 0.2) is 66.7 Å². The molecule has 0 aromatic heterocycles. The lowest BCUT2D eigenvalue weighted by atomic mass is 9.83. The summed E-state index contributed by atoms with van der Waals surface area (Å²) in [5, 5.41) is 28.7. The molecule has 0 aliphatic carbocycles. The predicted molar refractivity (Wildman–Crippen MR) is 90.7 cm³/mol. The maximum Gasteiger partial charge on any atom is 0.150 e. The van der Waals surface area contributed by atoms with Gasteiger partial charge in [0.15, 0.2) is 0 Å². The van der Waals surface area contributed by atoms with Crippen molar-refractivity contribution < 1.29 is 20.1 Å². The summed E-state index contributed by atoms with van der Waals surface area (Å²) in [6.07, 6.45) is 0.711. The largest absolute Gasteiger partial charge is 0.508 e. The fourth-order valence-electron chi connectivity index (χ4n) is 2.81. The molecule has 0 unspecified atom stereocenters. The number of carbonyl (C=O) groups is 1. The molecule has 0 bridgehead atoms. The summed E-state index contributed by atoms with van der Waals surface area (Å²) in [4.78, 5) is 11.5. The number of benzene rings is 3. The van der Waals surface area contributed by atoms with Gasteiger partial charge in [-0.25, -0.2) is 0 Å². The Morgan fingerprint density at radius 1 is 0.667 bits per heavy atom. The third-order valence-corrected chi connectivity index (χ3v) is 3.96. The summed E-state index contributed by atoms with van der Waals surface area (Å²) in [7, 11) is 0. The molecule has 0 heterocycles. The fraction of sp³-hybridized carbons (Fsp3) is 0.0500. The lowest BCUT2D eigenvalue weighted by Crippen LogP contribution is -2.06. The zero-order valence-electron chi connectivity index (χ0n) is 12.8. The van der Waals surface area contributed by atoms with Gasteiger partial charge in [-0.15, -0.1) is 0 Å². The smallest absolute Gasteiger partial charge is 0.150 e. The summed E-state index contributed by atoms with van der Waals surface area (Å²) < 4.78 is 0. The second-order valence-corrected chi connectivity index (χ2v) is 5.55. The molecule has 0 fully saturated rings. The minimum atomic E-state index is -0.271. The van der Waals surface area contributed by atoms with Crippen molar-refractivity contribution in [2.45, 2.75) is 5.92 Å². The highest BCUT2D eigenvalue weighted by atomic mass is 16.3. The van der Waals surface area contributed by atoms with E-state index in [1.54, 1.807) is 54.6 Å². The summed E-state index contributed by atoms with van der Waals surface area (Å²) in [5.74, 6) is 0.0667. The highest BCUT2D eigenvalue weighted by Gasteiger charge is 2.20. The van der Waals surface area contributed by atoms with Crippen molar-refractivity contribution in [2.24, 2.45) is 0 Å². The van der Waals surface area contributed by atoms with E-state index in [4.69, 9.17) is 0 Å². The predicted octanol–water partition coefficient (Wildman–Crippen LogP) is 3.80. The van der Waals surface area contributed by atoms with E-state index in [9.17, 15) is 20.1 Å². The van der Waals surface area contributed by atoms with Crippen molar-refractivity contribution in [2.75, 3.05) is 0 Å². The van der Waals surface area contributed by atoms with Crippen LogP contribution >= 0.6 is 0 Å². The van der Waals surface area contributed by atoms with Crippen LogP contribution in [0.5, 0.6) is 17.2 Å². The van der Waals surface area contributed by atoms with E-state index in [0.717, 1.165) is 16.7 Å². The van der Waals surface area contributed by atoms with E-state index >= 15 is 0 Å². The average molecular weight is 320 g/mol. The van der Waals surface area contributed by atoms with E-state index in [0.29, 0.717) is 11.8 Å². The number of phenols is 3. The van der Waals surface area contributed by atoms with Gasteiger partial charge in [0.05, 0.1) is 0 Å². The van der Waals surface area contributed by atoms with Gasteiger partial charge in [-0.3, -0.25) is 4.79 Å². The Balaban J connectivity index is 2.20. The molecular weight excluding hydrogens is 304 g/mol. The monoisotopic (exact) mass is 320 g/mol. The number of aromatic hydroxyl groups is 3. The molecule has 3 N–H and O–H groups in total. The molecule has 0 radical (unpaired) electrons. The van der Waals surface area contributed by atoms with Crippen molar-refractivity contribution >= 4 is 6.29 Å². The molecule has 3 rings (SSSR count). The van der Waals surface area contributed by atoms with Crippen LogP contribution in [0.2, 0.25) is 0 Å². The van der Waals surface area contributed by atoms with E-state index < -0.39 is 0 Å². The number of aldehydes is 1. The van der Waals surface area contributed by atoms with Crippen LogP contribution in [-0.4, -0.2) is 21.6 Å². The highest BCUT2D eigenvalue weighted by molar-refractivity contribution is 5.79. The number of rotatable bonds is 4. The molecule has 0 saturated heterocycles. The van der Waals surface area contributed by atoms with Crippen molar-refractivity contribution in [3.63, 3.8) is 0 Å². The summed E-state index contributed by atoms with van der Waals surface area (Å²) in [6.45, 7) is 0. The number of hydrogen-bond donors (Lipinski definition) is 3. The highest BCUT2D eigenvalue weighted by Crippen LogP contribution is 2.35. The molecule has 0 spiro atoms. The maximum absolute atomic E-state index is 11.5. The average Bonchev–Trinajstić information content (AvgIpc) is 2.59. The lowest BCUT2D eigenvalue weighted by Gasteiger charge is -2.20. The first-order chi connectivity index (χ1) is 11.6. The van der Waals surface area contributed by atoms with E-state index in [-0.39, 0.29) is 23.2 Å². The third-order valence-electron chi connectivity index (χ3n) is 3.96. The van der Waals surface area contributed by atoms with Crippen LogP contribution in [0.3, 0.4) is 0 Å². The Morgan fingerprint density at radius 2 is 1.12 bits per heavy atom. The molecule has 0 amide bonds. The SMILES string of the molecule is O=Cc1cc(O)ccc1C(c1ccc(O)cc1)c1ccc(O)cc1. The van der Waals surface area contributed by atoms with Crippen molar-refractivity contribution in [3.05, 3.63) is 89.0 Å². The van der Waals surface area contributed by atoms with Crippen LogP contribution in [0.1, 0.15) is 33.0 Å². The summed E-state index contributed by atoms with van der Waals surface area (Å²) in [5.41, 5.74) is 2.89. The molecule has 4 heteroatoms. The topological polar surface area (TPSA) is 77.8 Å². The number of phenolic OH excluding ortho intramolecular Hbond substituents is 3. The normalized spacial score (nSPS) is 10.7. The van der Waals surface area contributed by atoms with Gasteiger partial charge in [-0.2, -0.15) is 0 Å². The molecule has 0 aliphatic rings. The molecular formula is C20H16O4. The summed E-state index contributed by atoms with van der Waals surface area (Å²) in [6, 6.07) is 18.2. The van der Waals surface area contributed by atoms with Crippen LogP contribution in [0, 0.1) is 0 Å². The Morgan fingerprint density at radius 3 is 1.58 bits per heavy atom. The first kappa shape index (κ1) is 15.6. The van der Waals surface area contributed by atoms with Gasteiger partial charge >= 0.3 is 0 Å². The van der Waals surface area contributed by atoms with Gasteiger partial charge in [-0.05, 0) is 53.1 Å². The third kappa shape index (κ3) is 3.08.